The van der Waals surface area contributed by atoms with Gasteiger partial charge >= 0.3 is 88.7 Å². The first kappa shape index (κ1) is 117. The topological polar surface area (TPSA) is 190 Å². The quantitative estimate of drug-likeness (QED) is 0.295. The van der Waals surface area contributed by atoms with Gasteiger partial charge in [0.1, 0.15) is 0 Å². The summed E-state index contributed by atoms with van der Waals surface area (Å²) in [6, 6.07) is 0. The van der Waals surface area contributed by atoms with Crippen LogP contribution in [0, 0.1) is 94.7 Å². The second kappa shape index (κ2) is 37600. The SMILES string of the molecule is [C-]#N.[C-]#N.[C-]#N.[C-]#N.[C-]#N.[C-]#N.[C-]#N.[C-]#N.[Mo].[Na+].[Na+].[Na+]. The molecule has 86 valence electrons. The summed E-state index contributed by atoms with van der Waals surface area (Å²) in [7, 11) is 0. The van der Waals surface area contributed by atoms with E-state index in [0.717, 1.165) is 0 Å². The Balaban J connectivity index is -0.00000000356. The molecule has 0 rings (SSSR count). The predicted molar refractivity (Wildman–Crippen MR) is 39.7 cm³/mol. The Labute approximate surface area is 201 Å². The van der Waals surface area contributed by atoms with E-state index in [1.54, 1.807) is 0 Å². The van der Waals surface area contributed by atoms with Crippen LogP contribution in [0.2, 0.25) is 0 Å². The molecule has 0 aromatic heterocycles. The largest absolute Gasteiger partial charge is 1.00 e. The van der Waals surface area contributed by atoms with Crippen LogP contribution in [0.1, 0.15) is 0 Å². The van der Waals surface area contributed by atoms with E-state index in [-0.39, 0.29) is 110 Å². The third kappa shape index (κ3) is 31700. The molecule has 0 spiro atoms. The Hall–Kier alpha value is -0.392. The van der Waals surface area contributed by atoms with Gasteiger partial charge in [0, 0.05) is 21.1 Å². The third-order valence-corrected chi connectivity index (χ3v) is 0. The van der Waals surface area contributed by atoms with Gasteiger partial charge in [-0.15, -0.1) is 0 Å². The van der Waals surface area contributed by atoms with Crippen molar-refractivity contribution in [2.75, 3.05) is 0 Å². The first-order valence-electron chi connectivity index (χ1n) is 1.79. The first-order valence-corrected chi connectivity index (χ1v) is 1.79. The molecule has 0 aliphatic rings. The Kier molecular flexibility index (Phi) is 221000. The molecule has 0 fully saturated rings. The number of rotatable bonds is 0. The summed E-state index contributed by atoms with van der Waals surface area (Å²) in [6.07, 6.45) is 0. The fourth-order valence-corrected chi connectivity index (χ4v) is 0. The van der Waals surface area contributed by atoms with Crippen LogP contribution < -0.4 is 88.7 Å². The van der Waals surface area contributed by atoms with Crippen LogP contribution in [-0.2, 0) is 21.1 Å². The molecule has 0 saturated heterocycles. The first-order chi connectivity index (χ1) is 8.00. The minimum Gasteiger partial charge on any atom is -0.512 e. The minimum atomic E-state index is 0. The molecule has 0 bridgehead atoms. The second-order valence-electron chi connectivity index (χ2n) is 0. The average molecular weight is 373 g/mol. The van der Waals surface area contributed by atoms with E-state index >= 15 is 0 Å². The predicted octanol–water partition coefficient (Wildman–Crippen LogP) is -8.22. The van der Waals surface area contributed by atoms with Gasteiger partial charge in [0.2, 0.25) is 0 Å². The molecular weight excluding hydrogens is 373 g/mol. The molecule has 0 aromatic carbocycles. The molecule has 12 heteroatoms. The van der Waals surface area contributed by atoms with E-state index in [4.69, 9.17) is 94.7 Å². The van der Waals surface area contributed by atoms with Crippen molar-refractivity contribution in [3.8, 4) is 0 Å². The van der Waals surface area contributed by atoms with Gasteiger partial charge in [0.05, 0.1) is 0 Å². The van der Waals surface area contributed by atoms with E-state index in [9.17, 15) is 0 Å². The van der Waals surface area contributed by atoms with Crippen LogP contribution in [0.5, 0.6) is 0 Å². The average Bonchev–Trinajstić information content (AvgIpc) is 2.54. The monoisotopic (exact) mass is 375 g/mol. The van der Waals surface area contributed by atoms with Gasteiger partial charge in [-0.3, -0.25) is 0 Å². The minimum absolute atomic E-state index is 0. The van der Waals surface area contributed by atoms with Crippen molar-refractivity contribution < 1.29 is 110 Å². The number of nitrogens with zero attached hydrogens (tertiary/aromatic N) is 8. The van der Waals surface area contributed by atoms with E-state index in [1.165, 1.54) is 0 Å². The molecular formula is C8MoN8Na3-5. The Bertz CT molecular complexity index is 144. The van der Waals surface area contributed by atoms with Crippen LogP contribution >= 0.6 is 0 Å². The van der Waals surface area contributed by atoms with E-state index in [1.807, 2.05) is 0 Å². The maximum Gasteiger partial charge on any atom is 1.00 e. The summed E-state index contributed by atoms with van der Waals surface area (Å²) in [5, 5.41) is 50.0. The summed E-state index contributed by atoms with van der Waals surface area (Å²) in [4.78, 5) is 0. The van der Waals surface area contributed by atoms with Gasteiger partial charge in [0.15, 0.2) is 0 Å². The molecule has 0 aliphatic carbocycles. The number of hydrogen-bond acceptors (Lipinski definition) is 8. The van der Waals surface area contributed by atoms with Crippen LogP contribution in [0.4, 0.5) is 0 Å². The van der Waals surface area contributed by atoms with Gasteiger partial charge in [-0.2, -0.15) is 0 Å². The summed E-state index contributed by atoms with van der Waals surface area (Å²) >= 11 is 0. The van der Waals surface area contributed by atoms with Crippen LogP contribution in [0.15, 0.2) is 0 Å². The maximum absolute atomic E-state index is 6.25. The van der Waals surface area contributed by atoms with Gasteiger partial charge in [-0.05, 0) is 0 Å². The summed E-state index contributed by atoms with van der Waals surface area (Å²) in [5.74, 6) is 0. The molecule has 0 amide bonds. The van der Waals surface area contributed by atoms with Crippen LogP contribution in [0.25, 0.3) is 0 Å². The smallest absolute Gasteiger partial charge is 0.512 e. The summed E-state index contributed by atoms with van der Waals surface area (Å²) in [5.41, 5.74) is 0. The summed E-state index contributed by atoms with van der Waals surface area (Å²) in [6.45, 7) is 38.0. The van der Waals surface area contributed by atoms with Crippen molar-refractivity contribution in [1.29, 1.82) is 42.1 Å². The zero-order valence-electron chi connectivity index (χ0n) is 11.0. The molecule has 0 aliphatic heterocycles. The Morgan fingerprint density at radius 2 is 0.250 bits per heavy atom. The molecule has 0 saturated carbocycles. The molecule has 8 nitrogen and oxygen atoms in total. The van der Waals surface area contributed by atoms with Crippen molar-refractivity contribution in [3.63, 3.8) is 0 Å². The van der Waals surface area contributed by atoms with Gasteiger partial charge in [-0.25, -0.2) is 0 Å². The van der Waals surface area contributed by atoms with Crippen molar-refractivity contribution >= 4 is 0 Å². The van der Waals surface area contributed by atoms with Crippen molar-refractivity contribution in [2.24, 2.45) is 0 Å². The Morgan fingerprint density at radius 1 is 0.250 bits per heavy atom. The normalized spacial score (nSPS) is 0.800. The maximum atomic E-state index is 6.25. The van der Waals surface area contributed by atoms with Crippen LogP contribution in [-0.4, -0.2) is 0 Å². The zero-order valence-corrected chi connectivity index (χ0v) is 19.0. The zero-order chi connectivity index (χ0) is 16.0. The fraction of sp³-hybridized carbons (Fsp3) is 0. The molecule has 20 heavy (non-hydrogen) atoms. The third-order valence-electron chi connectivity index (χ3n) is 0. The summed E-state index contributed by atoms with van der Waals surface area (Å²) < 4.78 is 0. The van der Waals surface area contributed by atoms with E-state index < -0.39 is 0 Å². The number of hydrogen-bond donors (Lipinski definition) is 0. The van der Waals surface area contributed by atoms with E-state index in [2.05, 4.69) is 0 Å². The molecule has 0 radical (unpaired) electrons. The Morgan fingerprint density at radius 3 is 0.250 bits per heavy atom. The van der Waals surface area contributed by atoms with Gasteiger partial charge in [-0.1, -0.05) is 0 Å². The second-order valence-corrected chi connectivity index (χ2v) is 0. The fourth-order valence-electron chi connectivity index (χ4n) is 0. The molecule has 0 N–H and O–H groups in total. The molecule has 0 heterocycles. The van der Waals surface area contributed by atoms with Crippen LogP contribution in [0.3, 0.4) is 0 Å². The van der Waals surface area contributed by atoms with Crippen molar-refractivity contribution in [3.05, 3.63) is 52.6 Å². The molecule has 0 atom stereocenters. The molecule has 0 aromatic rings. The van der Waals surface area contributed by atoms with E-state index in [0.29, 0.717) is 0 Å². The van der Waals surface area contributed by atoms with Crippen molar-refractivity contribution in [2.45, 2.75) is 0 Å². The molecule has 0 unspecified atom stereocenters. The van der Waals surface area contributed by atoms with Gasteiger partial charge < -0.3 is 94.7 Å². The van der Waals surface area contributed by atoms with Crippen molar-refractivity contribution in [1.82, 2.24) is 0 Å². The van der Waals surface area contributed by atoms with Gasteiger partial charge in [0.25, 0.3) is 0 Å². The standard InChI is InChI=1S/8CN.Mo.3Na/c8*1-2;;;;/q8*-1;;3*+1.